The third-order valence-electron chi connectivity index (χ3n) is 5.89. The number of β-amino-alcohol motifs (C(OH)–C–C–N with tert-alkyl or cyclic N) is 1. The summed E-state index contributed by atoms with van der Waals surface area (Å²) in [5, 5.41) is 13.1. The number of benzene rings is 3. The van der Waals surface area contributed by atoms with E-state index in [1.54, 1.807) is 12.1 Å². The van der Waals surface area contributed by atoms with Crippen LogP contribution in [-0.2, 0) is 21.4 Å². The number of halogens is 2. The van der Waals surface area contributed by atoms with E-state index in [9.17, 15) is 18.3 Å². The molecule has 5 rings (SSSR count). The standard InChI is InChI=1S/C26H20Cl2N2O4S2/c27-21-13-24(35-26(21)28)36(33,34)29-23(32)11-10-18-6-3-7-20-22(31)15-30(25(18)20)14-16-8-9-17-4-1-2-5-19(17)12-16/h1-13,22,31H,14-15H2,(H,29,32)/b11-10+/t22-/m0/s1. The predicted molar refractivity (Wildman–Crippen MR) is 145 cm³/mol. The van der Waals surface area contributed by atoms with Gasteiger partial charge in [0.25, 0.3) is 15.9 Å². The molecule has 0 radical (unpaired) electrons. The van der Waals surface area contributed by atoms with Crippen molar-refractivity contribution in [3.63, 3.8) is 0 Å². The van der Waals surface area contributed by atoms with Gasteiger partial charge in [-0.3, -0.25) is 4.79 Å². The molecule has 184 valence electrons. The Morgan fingerprint density at radius 1 is 1.08 bits per heavy atom. The molecule has 36 heavy (non-hydrogen) atoms. The number of rotatable bonds is 6. The molecule has 0 saturated carbocycles. The van der Waals surface area contributed by atoms with E-state index in [1.807, 2.05) is 29.0 Å². The minimum Gasteiger partial charge on any atom is -0.386 e. The predicted octanol–water partition coefficient (Wildman–Crippen LogP) is 5.78. The number of fused-ring (bicyclic) bond motifs is 2. The van der Waals surface area contributed by atoms with Gasteiger partial charge in [0, 0.05) is 24.7 Å². The zero-order valence-electron chi connectivity index (χ0n) is 18.7. The second-order valence-corrected chi connectivity index (χ2v) is 12.3. The van der Waals surface area contributed by atoms with Crippen LogP contribution in [0.5, 0.6) is 0 Å². The average Bonchev–Trinajstić information content (AvgIpc) is 3.36. The van der Waals surface area contributed by atoms with Crippen molar-refractivity contribution in [1.29, 1.82) is 0 Å². The van der Waals surface area contributed by atoms with Crippen LogP contribution >= 0.6 is 34.5 Å². The molecule has 3 aromatic carbocycles. The molecule has 2 N–H and O–H groups in total. The summed E-state index contributed by atoms with van der Waals surface area (Å²) in [6, 6.07) is 21.0. The highest BCUT2D eigenvalue weighted by Gasteiger charge is 2.29. The molecule has 10 heteroatoms. The summed E-state index contributed by atoms with van der Waals surface area (Å²) in [7, 11) is -4.11. The summed E-state index contributed by atoms with van der Waals surface area (Å²) >= 11 is 12.5. The SMILES string of the molecule is O=C(/C=C/c1cccc2c1N(Cc1ccc3ccccc3c1)C[C@@H]2O)NS(=O)(=O)c1cc(Cl)c(Cl)s1. The molecule has 0 fully saturated rings. The number of para-hydroxylation sites is 1. The lowest BCUT2D eigenvalue weighted by atomic mass is 10.0. The maximum absolute atomic E-state index is 12.5. The number of aliphatic hydroxyl groups is 1. The minimum absolute atomic E-state index is 0.106. The molecule has 0 saturated heterocycles. The van der Waals surface area contributed by atoms with Crippen molar-refractivity contribution in [2.75, 3.05) is 11.4 Å². The van der Waals surface area contributed by atoms with Crippen molar-refractivity contribution in [3.05, 3.63) is 98.9 Å². The van der Waals surface area contributed by atoms with Gasteiger partial charge >= 0.3 is 0 Å². The van der Waals surface area contributed by atoms with Crippen LogP contribution in [0.15, 0.2) is 77.0 Å². The van der Waals surface area contributed by atoms with E-state index in [0.717, 1.165) is 45.0 Å². The Bertz CT molecular complexity index is 1600. The molecule has 1 aromatic heterocycles. The highest BCUT2D eigenvalue weighted by atomic mass is 35.5. The highest BCUT2D eigenvalue weighted by Crippen LogP contribution is 2.39. The van der Waals surface area contributed by atoms with Crippen molar-refractivity contribution in [1.82, 2.24) is 4.72 Å². The van der Waals surface area contributed by atoms with Gasteiger partial charge in [-0.25, -0.2) is 13.1 Å². The van der Waals surface area contributed by atoms with Crippen LogP contribution in [0.1, 0.15) is 22.8 Å². The molecule has 1 aliphatic heterocycles. The molecule has 1 atom stereocenters. The Balaban J connectivity index is 1.38. The lowest BCUT2D eigenvalue weighted by Gasteiger charge is -2.21. The fourth-order valence-electron chi connectivity index (χ4n) is 4.29. The van der Waals surface area contributed by atoms with Crippen molar-refractivity contribution in [2.45, 2.75) is 16.9 Å². The molecule has 1 aliphatic rings. The normalized spacial score (nSPS) is 15.5. The molecular formula is C26H20Cl2N2O4S2. The quantitative estimate of drug-likeness (QED) is 0.293. The van der Waals surface area contributed by atoms with Crippen LogP contribution in [0.4, 0.5) is 5.69 Å². The summed E-state index contributed by atoms with van der Waals surface area (Å²) < 4.78 is 27.0. The molecule has 1 amide bonds. The van der Waals surface area contributed by atoms with E-state index in [0.29, 0.717) is 18.7 Å². The van der Waals surface area contributed by atoms with E-state index in [1.165, 1.54) is 6.07 Å². The van der Waals surface area contributed by atoms with Crippen molar-refractivity contribution < 1.29 is 18.3 Å². The molecule has 2 heterocycles. The van der Waals surface area contributed by atoms with Crippen LogP contribution < -0.4 is 9.62 Å². The van der Waals surface area contributed by atoms with Gasteiger partial charge in [-0.05, 0) is 40.1 Å². The summed E-state index contributed by atoms with van der Waals surface area (Å²) in [5.41, 5.74) is 3.35. The van der Waals surface area contributed by atoms with Gasteiger partial charge in [-0.2, -0.15) is 0 Å². The van der Waals surface area contributed by atoms with Gasteiger partial charge < -0.3 is 10.0 Å². The summed E-state index contributed by atoms with van der Waals surface area (Å²) in [6.07, 6.45) is 2.03. The molecule has 0 unspecified atom stereocenters. The van der Waals surface area contributed by atoms with E-state index in [-0.39, 0.29) is 13.6 Å². The number of hydrogen-bond donors (Lipinski definition) is 2. The highest BCUT2D eigenvalue weighted by molar-refractivity contribution is 7.92. The van der Waals surface area contributed by atoms with E-state index >= 15 is 0 Å². The molecule has 0 bridgehead atoms. The summed E-state index contributed by atoms with van der Waals surface area (Å²) in [6.45, 7) is 0.980. The Morgan fingerprint density at radius 3 is 2.61 bits per heavy atom. The third kappa shape index (κ3) is 5.00. The first-order chi connectivity index (χ1) is 17.2. The van der Waals surface area contributed by atoms with Crippen LogP contribution in [0.3, 0.4) is 0 Å². The van der Waals surface area contributed by atoms with Crippen molar-refractivity contribution in [3.8, 4) is 0 Å². The first-order valence-corrected chi connectivity index (χ1v) is 14.0. The smallest absolute Gasteiger partial charge is 0.273 e. The van der Waals surface area contributed by atoms with Gasteiger partial charge in [0.2, 0.25) is 0 Å². The Kier molecular flexibility index (Phi) is 6.80. The van der Waals surface area contributed by atoms with Crippen LogP contribution in [0.2, 0.25) is 9.36 Å². The van der Waals surface area contributed by atoms with Gasteiger partial charge in [-0.15, -0.1) is 11.3 Å². The Hall–Kier alpha value is -2.88. The summed E-state index contributed by atoms with van der Waals surface area (Å²) in [5.74, 6) is -0.812. The van der Waals surface area contributed by atoms with Crippen LogP contribution in [0.25, 0.3) is 16.8 Å². The zero-order chi connectivity index (χ0) is 25.4. The average molecular weight is 559 g/mol. The fraction of sp³-hybridized carbons (Fsp3) is 0.115. The number of carbonyl (C=O) groups is 1. The maximum Gasteiger partial charge on any atom is 0.273 e. The number of aliphatic hydroxyl groups excluding tert-OH is 1. The van der Waals surface area contributed by atoms with Gasteiger partial charge in [-0.1, -0.05) is 77.8 Å². The van der Waals surface area contributed by atoms with E-state index < -0.39 is 22.0 Å². The monoisotopic (exact) mass is 558 g/mol. The van der Waals surface area contributed by atoms with Crippen LogP contribution in [-0.4, -0.2) is 26.0 Å². The number of nitrogens with zero attached hydrogens (tertiary/aromatic N) is 1. The zero-order valence-corrected chi connectivity index (χ0v) is 21.8. The lowest BCUT2D eigenvalue weighted by molar-refractivity contribution is -0.114. The number of anilines is 1. The van der Waals surface area contributed by atoms with Crippen LogP contribution in [0, 0.1) is 0 Å². The first-order valence-electron chi connectivity index (χ1n) is 10.9. The van der Waals surface area contributed by atoms with E-state index in [2.05, 4.69) is 35.2 Å². The Labute approximate surface area is 222 Å². The molecule has 0 aliphatic carbocycles. The fourth-order valence-corrected chi connectivity index (χ4v) is 7.11. The lowest BCUT2D eigenvalue weighted by Crippen LogP contribution is -2.28. The van der Waals surface area contributed by atoms with Crippen molar-refractivity contribution >= 4 is 73.0 Å². The molecule has 4 aromatic rings. The third-order valence-corrected chi connectivity index (χ3v) is 9.58. The number of carbonyl (C=O) groups excluding carboxylic acids is 1. The first kappa shape index (κ1) is 24.8. The molecule has 6 nitrogen and oxygen atoms in total. The largest absolute Gasteiger partial charge is 0.386 e. The minimum atomic E-state index is -4.11. The van der Waals surface area contributed by atoms with Gasteiger partial charge in [0.05, 0.1) is 16.8 Å². The van der Waals surface area contributed by atoms with E-state index in [4.69, 9.17) is 23.2 Å². The number of hydrogen-bond acceptors (Lipinski definition) is 6. The Morgan fingerprint density at radius 2 is 1.86 bits per heavy atom. The number of sulfonamides is 1. The van der Waals surface area contributed by atoms with Gasteiger partial charge in [0.15, 0.2) is 0 Å². The molecule has 0 spiro atoms. The molecular weight excluding hydrogens is 539 g/mol. The number of nitrogens with one attached hydrogen (secondary N) is 1. The second-order valence-electron chi connectivity index (χ2n) is 8.35. The topological polar surface area (TPSA) is 86.7 Å². The summed E-state index contributed by atoms with van der Waals surface area (Å²) in [4.78, 5) is 14.5. The number of amides is 1. The van der Waals surface area contributed by atoms with Gasteiger partial charge in [0.1, 0.15) is 8.55 Å². The second kappa shape index (κ2) is 9.88. The van der Waals surface area contributed by atoms with Crippen molar-refractivity contribution in [2.24, 2.45) is 0 Å². The number of thiophene rings is 1. The maximum atomic E-state index is 12.5.